The van der Waals surface area contributed by atoms with Crippen LogP contribution in [0.25, 0.3) is 0 Å². The van der Waals surface area contributed by atoms with Gasteiger partial charge >= 0.3 is 11.9 Å². The first-order valence-electron chi connectivity index (χ1n) is 15.4. The van der Waals surface area contributed by atoms with E-state index in [1.165, 1.54) is 6.42 Å². The van der Waals surface area contributed by atoms with Crippen molar-refractivity contribution < 1.29 is 47.5 Å². The minimum atomic E-state index is -0.739. The van der Waals surface area contributed by atoms with Gasteiger partial charge in [0.2, 0.25) is 12.5 Å². The average molecular weight is 611 g/mol. The van der Waals surface area contributed by atoms with Crippen LogP contribution >= 0.6 is 0 Å². The molecule has 2 fully saturated rings. The van der Waals surface area contributed by atoms with Crippen LogP contribution in [-0.2, 0) is 23.8 Å². The monoisotopic (exact) mass is 610 g/mol. The maximum Gasteiger partial charge on any atom is 0.332 e. The molecule has 0 bridgehead atoms. The Balaban J connectivity index is 1.35. The van der Waals surface area contributed by atoms with Gasteiger partial charge in [-0.1, -0.05) is 27.2 Å². The second-order valence-corrected chi connectivity index (χ2v) is 12.7. The van der Waals surface area contributed by atoms with E-state index >= 15 is 0 Å². The molecule has 6 rings (SSSR count). The summed E-state index contributed by atoms with van der Waals surface area (Å²) in [5, 5.41) is 0. The number of methoxy groups -OCH3 is 3. The fourth-order valence-corrected chi connectivity index (χ4v) is 7.60. The molecular formula is C34H42O10. The average Bonchev–Trinajstić information content (AvgIpc) is 3.64. The lowest BCUT2D eigenvalue weighted by Gasteiger charge is -2.39. The molecule has 2 aliphatic carbocycles. The Kier molecular flexibility index (Phi) is 8.55. The van der Waals surface area contributed by atoms with Gasteiger partial charge in [0, 0.05) is 17.4 Å². The summed E-state index contributed by atoms with van der Waals surface area (Å²) in [6.07, 6.45) is 2.46. The standard InChI is InChI=1S/C34H42O10/c1-17(2)20-8-7-18(3)9-24(20)40-15-29(35)44-32-22-13-26-25(42-16-43-26)12-21(22)30(31-23(32)14-41-34(31)36)19-10-27(37-4)33(39-6)28(11-19)38-5/h10-13,17-18,20,23-24,30-32H,7-9,14-16H2,1-6H3/t18?,20?,23?,24?,30-,31+,32+/m1/s1. The van der Waals surface area contributed by atoms with E-state index in [4.69, 9.17) is 37.9 Å². The SMILES string of the molecule is COc1cc([C@@H]2c3cc4c(cc3[C@H](OC(=O)COC3CC(C)CCC3C(C)C)C3COC(=O)[C@@H]32)OCO4)cc(OC)c1OC. The molecule has 2 heterocycles. The molecule has 0 amide bonds. The van der Waals surface area contributed by atoms with E-state index < -0.39 is 29.8 Å². The molecule has 2 aromatic carbocycles. The molecule has 4 unspecified atom stereocenters. The van der Waals surface area contributed by atoms with Crippen molar-refractivity contribution in [1.82, 2.24) is 0 Å². The van der Waals surface area contributed by atoms with E-state index in [1.807, 2.05) is 24.3 Å². The maximum absolute atomic E-state index is 13.4. The molecule has 10 heteroatoms. The fourth-order valence-electron chi connectivity index (χ4n) is 7.60. The van der Waals surface area contributed by atoms with Gasteiger partial charge in [0.15, 0.2) is 23.0 Å². The lowest BCUT2D eigenvalue weighted by Crippen LogP contribution is -2.38. The van der Waals surface area contributed by atoms with E-state index in [9.17, 15) is 9.59 Å². The minimum absolute atomic E-state index is 0.00677. The highest BCUT2D eigenvalue weighted by Gasteiger charge is 2.54. The third kappa shape index (κ3) is 5.42. The van der Waals surface area contributed by atoms with Gasteiger partial charge in [-0.15, -0.1) is 0 Å². The van der Waals surface area contributed by atoms with Crippen LogP contribution in [0.15, 0.2) is 24.3 Å². The molecule has 44 heavy (non-hydrogen) atoms. The van der Waals surface area contributed by atoms with Gasteiger partial charge in [0.1, 0.15) is 12.7 Å². The third-order valence-corrected chi connectivity index (χ3v) is 9.80. The summed E-state index contributed by atoms with van der Waals surface area (Å²) in [4.78, 5) is 26.9. The predicted molar refractivity (Wildman–Crippen MR) is 158 cm³/mol. The summed E-state index contributed by atoms with van der Waals surface area (Å²) in [5.41, 5.74) is 2.29. The second kappa shape index (κ2) is 12.4. The zero-order valence-electron chi connectivity index (χ0n) is 26.3. The number of fused-ring (bicyclic) bond motifs is 3. The maximum atomic E-state index is 13.4. The van der Waals surface area contributed by atoms with Gasteiger partial charge in [-0.05, 0) is 66.0 Å². The van der Waals surface area contributed by atoms with Crippen LogP contribution in [0, 0.1) is 29.6 Å². The van der Waals surface area contributed by atoms with Crippen LogP contribution in [0.1, 0.15) is 68.7 Å². The Hall–Kier alpha value is -3.66. The summed E-state index contributed by atoms with van der Waals surface area (Å²) in [5.74, 6) is 1.57. The Morgan fingerprint density at radius 2 is 1.61 bits per heavy atom. The van der Waals surface area contributed by atoms with E-state index in [0.717, 1.165) is 29.5 Å². The molecule has 7 atom stereocenters. The first-order valence-corrected chi connectivity index (χ1v) is 15.4. The number of carbonyl (C=O) groups excluding carboxylic acids is 2. The van der Waals surface area contributed by atoms with Gasteiger partial charge in [-0.2, -0.15) is 0 Å². The van der Waals surface area contributed by atoms with Crippen molar-refractivity contribution in [2.75, 3.05) is 41.3 Å². The fraction of sp³-hybridized carbons (Fsp3) is 0.588. The Morgan fingerprint density at radius 1 is 0.932 bits per heavy atom. The van der Waals surface area contributed by atoms with Crippen molar-refractivity contribution >= 4 is 11.9 Å². The molecule has 10 nitrogen and oxygen atoms in total. The molecule has 1 saturated carbocycles. The van der Waals surface area contributed by atoms with Crippen LogP contribution in [0.5, 0.6) is 28.7 Å². The van der Waals surface area contributed by atoms with Crippen LogP contribution in [0.4, 0.5) is 0 Å². The number of hydrogen-bond donors (Lipinski definition) is 0. The quantitative estimate of drug-likeness (QED) is 0.341. The molecule has 2 aliphatic heterocycles. The number of hydrogen-bond acceptors (Lipinski definition) is 10. The topological polar surface area (TPSA) is 108 Å². The van der Waals surface area contributed by atoms with Crippen molar-refractivity contribution in [1.29, 1.82) is 0 Å². The molecule has 0 aromatic heterocycles. The van der Waals surface area contributed by atoms with Crippen LogP contribution in [0.2, 0.25) is 0 Å². The smallest absolute Gasteiger partial charge is 0.332 e. The van der Waals surface area contributed by atoms with Crippen molar-refractivity contribution in [2.24, 2.45) is 29.6 Å². The van der Waals surface area contributed by atoms with E-state index in [2.05, 4.69) is 20.8 Å². The molecule has 0 spiro atoms. The minimum Gasteiger partial charge on any atom is -0.493 e. The number of ether oxygens (including phenoxy) is 8. The third-order valence-electron chi connectivity index (χ3n) is 9.80. The molecule has 4 aliphatic rings. The molecule has 0 N–H and O–H groups in total. The summed E-state index contributed by atoms with van der Waals surface area (Å²) in [6.45, 7) is 6.69. The first-order chi connectivity index (χ1) is 21.2. The zero-order chi connectivity index (χ0) is 31.1. The van der Waals surface area contributed by atoms with E-state index in [-0.39, 0.29) is 32.1 Å². The van der Waals surface area contributed by atoms with Crippen molar-refractivity contribution in [2.45, 2.75) is 58.2 Å². The van der Waals surface area contributed by atoms with E-state index in [1.54, 1.807) is 21.3 Å². The van der Waals surface area contributed by atoms with E-state index in [0.29, 0.717) is 46.5 Å². The molecule has 1 saturated heterocycles. The van der Waals surface area contributed by atoms with Crippen LogP contribution in [-0.4, -0.2) is 59.4 Å². The van der Waals surface area contributed by atoms with Gasteiger partial charge in [-0.25, -0.2) is 4.79 Å². The molecular weight excluding hydrogens is 568 g/mol. The zero-order valence-corrected chi connectivity index (χ0v) is 26.3. The summed E-state index contributed by atoms with van der Waals surface area (Å²) in [7, 11) is 4.65. The predicted octanol–water partition coefficient (Wildman–Crippen LogP) is 5.44. The summed E-state index contributed by atoms with van der Waals surface area (Å²) >= 11 is 0. The Labute approximate surface area is 258 Å². The summed E-state index contributed by atoms with van der Waals surface area (Å²) < 4.78 is 46.4. The van der Waals surface area contributed by atoms with Gasteiger partial charge in [0.25, 0.3) is 0 Å². The molecule has 0 radical (unpaired) electrons. The molecule has 238 valence electrons. The normalized spacial score (nSPS) is 28.6. The number of cyclic esters (lactones) is 1. The molecule has 2 aromatic rings. The Bertz CT molecular complexity index is 1380. The highest BCUT2D eigenvalue weighted by atomic mass is 16.7. The number of carbonyl (C=O) groups is 2. The number of esters is 2. The van der Waals surface area contributed by atoms with Crippen LogP contribution < -0.4 is 23.7 Å². The summed E-state index contributed by atoms with van der Waals surface area (Å²) in [6, 6.07) is 7.43. The van der Waals surface area contributed by atoms with Crippen LogP contribution in [0.3, 0.4) is 0 Å². The van der Waals surface area contributed by atoms with Gasteiger partial charge < -0.3 is 37.9 Å². The first kappa shape index (κ1) is 30.4. The van der Waals surface area contributed by atoms with Crippen molar-refractivity contribution in [3.8, 4) is 28.7 Å². The second-order valence-electron chi connectivity index (χ2n) is 12.7. The number of benzene rings is 2. The number of rotatable bonds is 9. The van der Waals surface area contributed by atoms with Crippen molar-refractivity contribution in [3.63, 3.8) is 0 Å². The lowest BCUT2D eigenvalue weighted by molar-refractivity contribution is -0.164. The van der Waals surface area contributed by atoms with Gasteiger partial charge in [-0.3, -0.25) is 4.79 Å². The highest BCUT2D eigenvalue weighted by Crippen LogP contribution is 2.56. The highest BCUT2D eigenvalue weighted by molar-refractivity contribution is 5.79. The largest absolute Gasteiger partial charge is 0.493 e. The van der Waals surface area contributed by atoms with Crippen molar-refractivity contribution in [3.05, 3.63) is 41.0 Å². The lowest BCUT2D eigenvalue weighted by atomic mass is 9.66. The van der Waals surface area contributed by atoms with Gasteiger partial charge in [0.05, 0.1) is 40.0 Å². The Morgan fingerprint density at radius 3 is 2.25 bits per heavy atom.